The number of esters is 4. The maximum atomic E-state index is 12.6. The zero-order valence-electron chi connectivity index (χ0n) is 38.5. The van der Waals surface area contributed by atoms with E-state index in [9.17, 15) is 24.3 Å². The zero-order valence-corrected chi connectivity index (χ0v) is 38.5. The van der Waals surface area contributed by atoms with Gasteiger partial charge >= 0.3 is 23.9 Å². The van der Waals surface area contributed by atoms with E-state index in [0.29, 0.717) is 6.42 Å². The third-order valence-corrected chi connectivity index (χ3v) is 11.4. The lowest BCUT2D eigenvalue weighted by Crippen LogP contribution is -2.63. The number of carbonyl (C=O) groups is 4. The molecule has 0 amide bonds. The molecule has 0 bridgehead atoms. The summed E-state index contributed by atoms with van der Waals surface area (Å²) in [5.74, 6) is -2.62. The second kappa shape index (κ2) is 29.0. The third-order valence-electron chi connectivity index (χ3n) is 11.4. The lowest BCUT2D eigenvalue weighted by Gasteiger charge is -2.45. The lowest BCUT2D eigenvalue weighted by molar-refractivity contribution is -0.314. The summed E-state index contributed by atoms with van der Waals surface area (Å²) in [5.41, 5.74) is 1.19. The molecule has 64 heavy (non-hydrogen) atoms. The summed E-state index contributed by atoms with van der Waals surface area (Å²) in [4.78, 5) is 50.3. The van der Waals surface area contributed by atoms with Crippen LogP contribution in [0.25, 0.3) is 0 Å². The predicted molar refractivity (Wildman–Crippen MR) is 243 cm³/mol. The Bertz CT molecular complexity index is 1670. The standard InChI is InChI=1S/C52H72O12/c1-5-6-7-8-9-10-11-12-13-14-15-16-17-18-28-35-47(57)58-36-45(56)37-59-51-50(63-41(4)55)49(62-40(3)54)48(61-39(2)53)46(64-51)38-60-52(42-29-22-19-23-30-42,43-31-24-20-25-32-43)44-33-26-21-27-34-44/h19-27,29-34,45-46,48-51,56H,5-18,28,35-38H2,1-4H3/t45?,46-,48-,49+,50-,51+/m1/s1. The van der Waals surface area contributed by atoms with E-state index < -0.39 is 72.9 Å². The molecule has 1 aliphatic heterocycles. The van der Waals surface area contributed by atoms with Gasteiger partial charge in [-0.15, -0.1) is 0 Å². The SMILES string of the molecule is CCCCCCCCCCCCCCCCCC(=O)OCC(O)CO[C@H]1O[C@H](COC(c2ccccc2)(c2ccccc2)c2ccccc2)[C@@H](OC(C)=O)[C@H](OC(C)=O)[C@H]1OC(C)=O. The number of aliphatic hydroxyl groups is 1. The van der Waals surface area contributed by atoms with E-state index in [-0.39, 0.29) is 19.6 Å². The van der Waals surface area contributed by atoms with Crippen LogP contribution in [-0.2, 0) is 57.9 Å². The summed E-state index contributed by atoms with van der Waals surface area (Å²) >= 11 is 0. The van der Waals surface area contributed by atoms with Gasteiger partial charge in [0.1, 0.15) is 24.4 Å². The van der Waals surface area contributed by atoms with Crippen LogP contribution in [0.4, 0.5) is 0 Å². The average Bonchev–Trinajstić information content (AvgIpc) is 3.29. The first-order valence-corrected chi connectivity index (χ1v) is 23.5. The number of hydrogen-bond donors (Lipinski definition) is 1. The normalized spacial score (nSPS) is 19.0. The van der Waals surface area contributed by atoms with Crippen molar-refractivity contribution in [1.82, 2.24) is 0 Å². The van der Waals surface area contributed by atoms with Gasteiger partial charge in [-0.2, -0.15) is 0 Å². The van der Waals surface area contributed by atoms with Gasteiger partial charge in [0, 0.05) is 27.2 Å². The maximum Gasteiger partial charge on any atom is 0.305 e. The first-order valence-electron chi connectivity index (χ1n) is 23.5. The number of hydrogen-bond acceptors (Lipinski definition) is 12. The molecular formula is C52H72O12. The van der Waals surface area contributed by atoms with Crippen molar-refractivity contribution < 1.29 is 57.4 Å². The van der Waals surface area contributed by atoms with Crippen LogP contribution in [0.5, 0.6) is 0 Å². The fourth-order valence-electron chi connectivity index (χ4n) is 8.26. The van der Waals surface area contributed by atoms with E-state index in [1.165, 1.54) is 91.4 Å². The largest absolute Gasteiger partial charge is 0.463 e. The highest BCUT2D eigenvalue weighted by molar-refractivity contribution is 5.69. The molecule has 1 unspecified atom stereocenters. The number of ether oxygens (including phenoxy) is 7. The minimum atomic E-state index is -1.45. The van der Waals surface area contributed by atoms with Gasteiger partial charge in [-0.3, -0.25) is 19.2 Å². The van der Waals surface area contributed by atoms with E-state index in [0.717, 1.165) is 36.0 Å². The van der Waals surface area contributed by atoms with Crippen molar-refractivity contribution in [3.63, 3.8) is 0 Å². The Morgan fingerprint density at radius 2 is 0.969 bits per heavy atom. The molecule has 1 heterocycles. The van der Waals surface area contributed by atoms with Gasteiger partial charge in [-0.1, -0.05) is 188 Å². The smallest absolute Gasteiger partial charge is 0.305 e. The Morgan fingerprint density at radius 1 is 0.562 bits per heavy atom. The van der Waals surface area contributed by atoms with Crippen LogP contribution in [0.2, 0.25) is 0 Å². The fourth-order valence-corrected chi connectivity index (χ4v) is 8.26. The van der Waals surface area contributed by atoms with E-state index in [4.69, 9.17) is 33.2 Å². The molecule has 1 aliphatic rings. The van der Waals surface area contributed by atoms with Crippen molar-refractivity contribution in [2.75, 3.05) is 19.8 Å². The molecule has 1 fully saturated rings. The summed E-state index contributed by atoms with van der Waals surface area (Å²) in [6, 6.07) is 28.9. The van der Waals surface area contributed by atoms with Crippen LogP contribution >= 0.6 is 0 Å². The summed E-state index contributed by atoms with van der Waals surface area (Å²) in [6.07, 6.45) is 10.6. The van der Waals surface area contributed by atoms with Gasteiger partial charge in [-0.05, 0) is 23.1 Å². The van der Waals surface area contributed by atoms with E-state index in [1.807, 2.05) is 91.0 Å². The summed E-state index contributed by atoms with van der Waals surface area (Å²) < 4.78 is 41.9. The van der Waals surface area contributed by atoms with Crippen molar-refractivity contribution in [2.45, 2.75) is 173 Å². The van der Waals surface area contributed by atoms with E-state index in [1.54, 1.807) is 0 Å². The van der Waals surface area contributed by atoms with Crippen LogP contribution in [0.1, 0.15) is 147 Å². The van der Waals surface area contributed by atoms with E-state index in [2.05, 4.69) is 6.92 Å². The highest BCUT2D eigenvalue weighted by atomic mass is 16.7. The molecule has 0 saturated carbocycles. The van der Waals surface area contributed by atoms with Gasteiger partial charge < -0.3 is 38.3 Å². The average molecular weight is 889 g/mol. The monoisotopic (exact) mass is 889 g/mol. The Balaban J connectivity index is 1.38. The molecule has 0 aromatic heterocycles. The first kappa shape index (κ1) is 52.0. The van der Waals surface area contributed by atoms with Crippen molar-refractivity contribution >= 4 is 23.9 Å². The van der Waals surface area contributed by atoms with Crippen LogP contribution in [0.15, 0.2) is 91.0 Å². The summed E-state index contributed by atoms with van der Waals surface area (Å²) in [5, 5.41) is 10.9. The molecule has 0 radical (unpaired) electrons. The lowest BCUT2D eigenvalue weighted by atomic mass is 9.80. The molecule has 3 aromatic carbocycles. The Hall–Kier alpha value is -4.62. The molecule has 3 aromatic rings. The second-order valence-corrected chi connectivity index (χ2v) is 16.7. The second-order valence-electron chi connectivity index (χ2n) is 16.7. The van der Waals surface area contributed by atoms with Crippen LogP contribution in [-0.4, -0.2) is 85.6 Å². The molecule has 4 rings (SSSR count). The minimum absolute atomic E-state index is 0.242. The van der Waals surface area contributed by atoms with Gasteiger partial charge in [0.25, 0.3) is 0 Å². The van der Waals surface area contributed by atoms with Crippen molar-refractivity contribution in [3.05, 3.63) is 108 Å². The Labute approximate surface area is 380 Å². The first-order chi connectivity index (χ1) is 31.0. The van der Waals surface area contributed by atoms with Crippen LogP contribution in [0, 0.1) is 0 Å². The number of unbranched alkanes of at least 4 members (excludes halogenated alkanes) is 14. The fraction of sp³-hybridized carbons (Fsp3) is 0.577. The molecule has 12 heteroatoms. The van der Waals surface area contributed by atoms with E-state index >= 15 is 0 Å². The molecule has 0 spiro atoms. The van der Waals surface area contributed by atoms with Crippen molar-refractivity contribution in [1.29, 1.82) is 0 Å². The van der Waals surface area contributed by atoms with Crippen LogP contribution in [0.3, 0.4) is 0 Å². The maximum absolute atomic E-state index is 12.6. The summed E-state index contributed by atoms with van der Waals surface area (Å²) in [7, 11) is 0. The summed E-state index contributed by atoms with van der Waals surface area (Å²) in [6.45, 7) is 4.79. The highest BCUT2D eigenvalue weighted by Crippen LogP contribution is 2.41. The Morgan fingerprint density at radius 3 is 1.41 bits per heavy atom. The minimum Gasteiger partial charge on any atom is -0.463 e. The van der Waals surface area contributed by atoms with Crippen molar-refractivity contribution in [3.8, 4) is 0 Å². The molecule has 12 nitrogen and oxygen atoms in total. The molecule has 1 saturated heterocycles. The molecule has 352 valence electrons. The predicted octanol–water partition coefficient (Wildman–Crippen LogP) is 9.70. The number of rotatable bonds is 30. The van der Waals surface area contributed by atoms with Gasteiger partial charge in [0.2, 0.25) is 0 Å². The number of benzene rings is 3. The quantitative estimate of drug-likeness (QED) is 0.0294. The topological polar surface area (TPSA) is 153 Å². The Kier molecular flexibility index (Phi) is 23.6. The van der Waals surface area contributed by atoms with Gasteiger partial charge in [0.05, 0.1) is 13.2 Å². The molecular weight excluding hydrogens is 817 g/mol. The molecule has 0 aliphatic carbocycles. The molecule has 1 N–H and O–H groups in total. The molecule has 6 atom stereocenters. The highest BCUT2D eigenvalue weighted by Gasteiger charge is 2.53. The zero-order chi connectivity index (χ0) is 46.0. The van der Waals surface area contributed by atoms with Gasteiger partial charge in [-0.25, -0.2) is 0 Å². The number of aliphatic hydroxyl groups excluding tert-OH is 1. The third kappa shape index (κ3) is 17.4. The number of carbonyl (C=O) groups excluding carboxylic acids is 4. The van der Waals surface area contributed by atoms with Crippen LogP contribution < -0.4 is 0 Å². The van der Waals surface area contributed by atoms with Gasteiger partial charge in [0.15, 0.2) is 24.6 Å². The van der Waals surface area contributed by atoms with Crippen molar-refractivity contribution in [2.24, 2.45) is 0 Å².